The molecule has 0 aromatic carbocycles. The lowest BCUT2D eigenvalue weighted by atomic mass is 10.00. The van der Waals surface area contributed by atoms with Crippen molar-refractivity contribution in [2.24, 2.45) is 5.92 Å². The molecule has 0 aliphatic heterocycles. The van der Waals surface area contributed by atoms with Gasteiger partial charge in [-0.25, -0.2) is 0 Å². The zero-order chi connectivity index (χ0) is 15.8. The molecule has 3 aromatic heterocycles. The van der Waals surface area contributed by atoms with Gasteiger partial charge in [0.2, 0.25) is 0 Å². The molecule has 4 rings (SSSR count). The highest BCUT2D eigenvalue weighted by molar-refractivity contribution is 5.82. The average molecular weight is 305 g/mol. The van der Waals surface area contributed by atoms with E-state index in [1.807, 2.05) is 18.6 Å². The fourth-order valence-electron chi connectivity index (χ4n) is 3.42. The SMILES string of the molecule is Cc1cncc(C)c1Cc1nccc2c1ccn2CCC1CC1. The van der Waals surface area contributed by atoms with E-state index in [2.05, 4.69) is 46.7 Å². The van der Waals surface area contributed by atoms with E-state index in [1.165, 1.54) is 52.5 Å². The number of pyridine rings is 2. The number of rotatable bonds is 5. The van der Waals surface area contributed by atoms with Gasteiger partial charge in [-0.3, -0.25) is 9.97 Å². The van der Waals surface area contributed by atoms with Crippen LogP contribution in [0.2, 0.25) is 0 Å². The zero-order valence-electron chi connectivity index (χ0n) is 13.9. The summed E-state index contributed by atoms with van der Waals surface area (Å²) in [4.78, 5) is 8.95. The first-order valence-corrected chi connectivity index (χ1v) is 8.55. The molecule has 3 aromatic rings. The Kier molecular flexibility index (Phi) is 3.64. The number of aromatic nitrogens is 3. The van der Waals surface area contributed by atoms with E-state index in [4.69, 9.17) is 0 Å². The van der Waals surface area contributed by atoms with Crippen molar-refractivity contribution >= 4 is 10.9 Å². The molecule has 0 saturated heterocycles. The second kappa shape index (κ2) is 5.80. The molecule has 23 heavy (non-hydrogen) atoms. The predicted octanol–water partition coefficient (Wildman–Crippen LogP) is 4.44. The third-order valence-corrected chi connectivity index (χ3v) is 5.09. The van der Waals surface area contributed by atoms with E-state index in [0.29, 0.717) is 0 Å². The lowest BCUT2D eigenvalue weighted by molar-refractivity contribution is 0.611. The molecular formula is C20H23N3. The topological polar surface area (TPSA) is 30.7 Å². The minimum atomic E-state index is 0.879. The van der Waals surface area contributed by atoms with Crippen molar-refractivity contribution in [2.75, 3.05) is 0 Å². The second-order valence-corrected chi connectivity index (χ2v) is 6.86. The first-order valence-electron chi connectivity index (χ1n) is 8.55. The highest BCUT2D eigenvalue weighted by atomic mass is 15.0. The number of hydrogen-bond donors (Lipinski definition) is 0. The van der Waals surface area contributed by atoms with Gasteiger partial charge in [-0.2, -0.15) is 0 Å². The van der Waals surface area contributed by atoms with E-state index in [9.17, 15) is 0 Å². The first kappa shape index (κ1) is 14.4. The standard InChI is InChI=1S/C20H23N3/c1-14-12-21-13-15(2)18(14)11-19-17-7-10-23(9-6-16-3-4-16)20(17)5-8-22-19/h5,7-8,10,12-13,16H,3-4,6,9,11H2,1-2H3. The Morgan fingerprint density at radius 3 is 2.65 bits per heavy atom. The zero-order valence-corrected chi connectivity index (χ0v) is 13.9. The van der Waals surface area contributed by atoms with Crippen molar-refractivity contribution in [3.05, 3.63) is 59.3 Å². The number of nitrogens with zero attached hydrogens (tertiary/aromatic N) is 3. The van der Waals surface area contributed by atoms with Gasteiger partial charge in [-0.1, -0.05) is 12.8 Å². The maximum absolute atomic E-state index is 4.67. The molecule has 0 N–H and O–H groups in total. The van der Waals surface area contributed by atoms with Crippen LogP contribution in [0.3, 0.4) is 0 Å². The second-order valence-electron chi connectivity index (χ2n) is 6.86. The minimum absolute atomic E-state index is 0.879. The molecule has 0 atom stereocenters. The molecule has 0 spiro atoms. The van der Waals surface area contributed by atoms with Crippen molar-refractivity contribution < 1.29 is 0 Å². The summed E-state index contributed by atoms with van der Waals surface area (Å²) >= 11 is 0. The Morgan fingerprint density at radius 2 is 1.91 bits per heavy atom. The summed E-state index contributed by atoms with van der Waals surface area (Å²) in [5.41, 5.74) is 6.34. The first-order chi connectivity index (χ1) is 11.2. The Morgan fingerprint density at radius 1 is 1.13 bits per heavy atom. The number of fused-ring (bicyclic) bond motifs is 1. The Bertz CT molecular complexity index is 823. The lowest BCUT2D eigenvalue weighted by Gasteiger charge is -2.10. The Balaban J connectivity index is 1.67. The maximum Gasteiger partial charge on any atom is 0.0541 e. The summed E-state index contributed by atoms with van der Waals surface area (Å²) < 4.78 is 2.39. The van der Waals surface area contributed by atoms with Crippen LogP contribution in [0.5, 0.6) is 0 Å². The van der Waals surface area contributed by atoms with Gasteiger partial charge in [0.25, 0.3) is 0 Å². The summed E-state index contributed by atoms with van der Waals surface area (Å²) in [5, 5.41) is 1.29. The van der Waals surface area contributed by atoms with Crippen LogP contribution in [0, 0.1) is 19.8 Å². The average Bonchev–Trinajstić information content (AvgIpc) is 3.28. The van der Waals surface area contributed by atoms with Crippen LogP contribution in [-0.2, 0) is 13.0 Å². The summed E-state index contributed by atoms with van der Waals surface area (Å²) in [7, 11) is 0. The van der Waals surface area contributed by atoms with Gasteiger partial charge in [0.15, 0.2) is 0 Å². The highest BCUT2D eigenvalue weighted by Gasteiger charge is 2.21. The summed E-state index contributed by atoms with van der Waals surface area (Å²) in [6.45, 7) is 5.40. The molecule has 3 nitrogen and oxygen atoms in total. The molecule has 3 heterocycles. The normalized spacial score (nSPS) is 14.5. The van der Waals surface area contributed by atoms with Crippen molar-refractivity contribution in [3.8, 4) is 0 Å². The highest BCUT2D eigenvalue weighted by Crippen LogP contribution is 2.33. The van der Waals surface area contributed by atoms with Gasteiger partial charge in [0, 0.05) is 43.1 Å². The van der Waals surface area contributed by atoms with E-state index < -0.39 is 0 Å². The molecule has 0 unspecified atom stereocenters. The predicted molar refractivity (Wildman–Crippen MR) is 93.6 cm³/mol. The number of aryl methyl sites for hydroxylation is 3. The van der Waals surface area contributed by atoms with Gasteiger partial charge < -0.3 is 4.57 Å². The largest absolute Gasteiger partial charge is 0.347 e. The quantitative estimate of drug-likeness (QED) is 0.697. The van der Waals surface area contributed by atoms with Crippen molar-refractivity contribution in [2.45, 2.75) is 46.1 Å². The molecule has 118 valence electrons. The van der Waals surface area contributed by atoms with E-state index in [1.54, 1.807) is 0 Å². The third kappa shape index (κ3) is 2.88. The smallest absolute Gasteiger partial charge is 0.0541 e. The van der Waals surface area contributed by atoms with Crippen LogP contribution in [-0.4, -0.2) is 14.5 Å². The van der Waals surface area contributed by atoms with Crippen LogP contribution < -0.4 is 0 Å². The van der Waals surface area contributed by atoms with Gasteiger partial charge in [0.1, 0.15) is 0 Å². The van der Waals surface area contributed by atoms with Crippen LogP contribution in [0.15, 0.2) is 36.9 Å². The van der Waals surface area contributed by atoms with Crippen molar-refractivity contribution in [3.63, 3.8) is 0 Å². The minimum Gasteiger partial charge on any atom is -0.347 e. The van der Waals surface area contributed by atoms with Crippen LogP contribution in [0.4, 0.5) is 0 Å². The monoisotopic (exact) mass is 305 g/mol. The van der Waals surface area contributed by atoms with Crippen molar-refractivity contribution in [1.29, 1.82) is 0 Å². The van der Waals surface area contributed by atoms with Crippen LogP contribution >= 0.6 is 0 Å². The summed E-state index contributed by atoms with van der Waals surface area (Å²) in [6, 6.07) is 4.38. The number of hydrogen-bond acceptors (Lipinski definition) is 2. The van der Waals surface area contributed by atoms with Crippen LogP contribution in [0.25, 0.3) is 10.9 Å². The van der Waals surface area contributed by atoms with Gasteiger partial charge in [0.05, 0.1) is 11.2 Å². The molecule has 0 radical (unpaired) electrons. The van der Waals surface area contributed by atoms with Crippen LogP contribution in [0.1, 0.15) is 41.6 Å². The molecule has 1 aliphatic rings. The Hall–Kier alpha value is -2.16. The molecule has 0 bridgehead atoms. The molecule has 3 heteroatoms. The molecule has 1 saturated carbocycles. The van der Waals surface area contributed by atoms with Gasteiger partial charge in [-0.05, 0) is 55.0 Å². The van der Waals surface area contributed by atoms with Gasteiger partial charge >= 0.3 is 0 Å². The lowest BCUT2D eigenvalue weighted by Crippen LogP contribution is -2.01. The van der Waals surface area contributed by atoms with E-state index in [0.717, 1.165) is 18.9 Å². The molecule has 0 amide bonds. The molecule has 1 fully saturated rings. The fraction of sp³-hybridized carbons (Fsp3) is 0.400. The van der Waals surface area contributed by atoms with Gasteiger partial charge in [-0.15, -0.1) is 0 Å². The summed E-state index contributed by atoms with van der Waals surface area (Å²) in [5.74, 6) is 0.968. The van der Waals surface area contributed by atoms with Crippen molar-refractivity contribution in [1.82, 2.24) is 14.5 Å². The maximum atomic E-state index is 4.67. The fourth-order valence-corrected chi connectivity index (χ4v) is 3.42. The third-order valence-electron chi connectivity index (χ3n) is 5.09. The molecular weight excluding hydrogens is 282 g/mol. The Labute approximate surface area is 137 Å². The van der Waals surface area contributed by atoms with E-state index in [-0.39, 0.29) is 0 Å². The van der Waals surface area contributed by atoms with E-state index >= 15 is 0 Å². The molecule has 1 aliphatic carbocycles. The summed E-state index contributed by atoms with van der Waals surface area (Å²) in [6.07, 6.45) is 13.1.